The van der Waals surface area contributed by atoms with E-state index in [1.165, 1.54) is 141 Å². The predicted molar refractivity (Wildman–Crippen MR) is 212 cm³/mol. The van der Waals surface area contributed by atoms with E-state index in [2.05, 4.69) is 13.8 Å². The van der Waals surface area contributed by atoms with Gasteiger partial charge in [-0.05, 0) is 37.2 Å². The van der Waals surface area contributed by atoms with Crippen molar-refractivity contribution in [2.75, 3.05) is 24.7 Å². The molecule has 0 radical (unpaired) electrons. The van der Waals surface area contributed by atoms with E-state index in [4.69, 9.17) is 20.9 Å². The Labute approximate surface area is 305 Å². The maximum Gasteiger partial charge on any atom is 0.333 e. The highest BCUT2D eigenvalue weighted by molar-refractivity contribution is 8.03. The van der Waals surface area contributed by atoms with Crippen molar-refractivity contribution in [3.8, 4) is 0 Å². The summed E-state index contributed by atoms with van der Waals surface area (Å²) in [4.78, 5) is 24.0. The summed E-state index contributed by atoms with van der Waals surface area (Å²) in [7, 11) is 0. The van der Waals surface area contributed by atoms with Gasteiger partial charge < -0.3 is 20.9 Å². The first-order valence-corrected chi connectivity index (χ1v) is 22.0. The van der Waals surface area contributed by atoms with Gasteiger partial charge in [-0.25, -0.2) is 9.59 Å². The van der Waals surface area contributed by atoms with Gasteiger partial charge in [-0.2, -0.15) is 0 Å². The van der Waals surface area contributed by atoms with Crippen molar-refractivity contribution in [3.63, 3.8) is 0 Å². The first-order chi connectivity index (χ1) is 23.5. The van der Waals surface area contributed by atoms with Gasteiger partial charge in [-0.15, -0.1) is 23.5 Å². The minimum atomic E-state index is -0.329. The highest BCUT2D eigenvalue weighted by Gasteiger charge is 2.04. The summed E-state index contributed by atoms with van der Waals surface area (Å²) < 4.78 is 10.6. The van der Waals surface area contributed by atoms with Crippen molar-refractivity contribution in [1.82, 2.24) is 0 Å². The van der Waals surface area contributed by atoms with E-state index in [9.17, 15) is 9.59 Å². The Morgan fingerprint density at radius 3 is 0.958 bits per heavy atom. The molecule has 0 bridgehead atoms. The minimum absolute atomic E-state index is 0.329. The van der Waals surface area contributed by atoms with E-state index >= 15 is 0 Å². The van der Waals surface area contributed by atoms with Crippen molar-refractivity contribution in [2.24, 2.45) is 11.5 Å². The zero-order valence-electron chi connectivity index (χ0n) is 31.4. The Morgan fingerprint density at radius 1 is 0.417 bits per heavy atom. The number of nitrogens with two attached hydrogens (primary N) is 2. The van der Waals surface area contributed by atoms with Gasteiger partial charge in [-0.3, -0.25) is 0 Å². The SMILES string of the molecule is CCCCCCCCCCCCSC(N)=CC(=O)OCCCCCCCCCCOC(=O)C=C(N)SCCCCCCCCCCCC. The fourth-order valence-electron chi connectivity index (χ4n) is 5.57. The number of carbonyl (C=O) groups excluding carboxylic acids is 2. The molecule has 0 aromatic carbocycles. The number of rotatable bonds is 37. The van der Waals surface area contributed by atoms with Crippen LogP contribution >= 0.6 is 23.5 Å². The third-order valence-corrected chi connectivity index (χ3v) is 10.5. The molecule has 0 unspecified atom stereocenters. The molecule has 0 aliphatic rings. The smallest absolute Gasteiger partial charge is 0.333 e. The van der Waals surface area contributed by atoms with Crippen LogP contribution in [0.4, 0.5) is 0 Å². The number of esters is 2. The third-order valence-electron chi connectivity index (χ3n) is 8.58. The van der Waals surface area contributed by atoms with E-state index < -0.39 is 0 Å². The molecule has 8 heteroatoms. The summed E-state index contributed by atoms with van der Waals surface area (Å²) in [6.07, 6.45) is 37.8. The summed E-state index contributed by atoms with van der Waals surface area (Å²) in [5, 5.41) is 1.11. The fraction of sp³-hybridized carbons (Fsp3) is 0.850. The molecule has 0 spiro atoms. The van der Waals surface area contributed by atoms with E-state index in [1.54, 1.807) is 23.5 Å². The van der Waals surface area contributed by atoms with Crippen LogP contribution in [0.5, 0.6) is 0 Å². The second-order valence-corrected chi connectivity index (χ2v) is 15.7. The van der Waals surface area contributed by atoms with Gasteiger partial charge >= 0.3 is 11.9 Å². The summed E-state index contributed by atoms with van der Waals surface area (Å²) in [5.41, 5.74) is 12.0. The van der Waals surface area contributed by atoms with E-state index in [1.807, 2.05) is 0 Å². The number of hydrogen-bond donors (Lipinski definition) is 2. The zero-order valence-corrected chi connectivity index (χ0v) is 33.0. The molecule has 48 heavy (non-hydrogen) atoms. The zero-order chi connectivity index (χ0) is 35.2. The molecule has 0 aromatic rings. The second-order valence-electron chi connectivity index (χ2n) is 13.3. The number of thioether (sulfide) groups is 2. The lowest BCUT2D eigenvalue weighted by Crippen LogP contribution is -2.06. The summed E-state index contributed by atoms with van der Waals surface area (Å²) >= 11 is 3.11. The van der Waals surface area contributed by atoms with Crippen molar-refractivity contribution < 1.29 is 19.1 Å². The van der Waals surface area contributed by atoms with Crippen molar-refractivity contribution in [1.29, 1.82) is 0 Å². The van der Waals surface area contributed by atoms with Crippen LogP contribution in [0, 0.1) is 0 Å². The standard InChI is InChI=1S/C40H76N2O4S2/c1-3-5-7-9-11-13-17-21-25-29-33-47-37(41)35-39(43)45-31-27-23-19-15-16-20-24-28-32-46-40(44)36-38(42)48-34-30-26-22-18-14-12-10-8-6-4-2/h35-36H,3-34,41-42H2,1-2H3. The molecular weight excluding hydrogens is 637 g/mol. The Morgan fingerprint density at radius 2 is 0.667 bits per heavy atom. The maximum atomic E-state index is 12.0. The van der Waals surface area contributed by atoms with Gasteiger partial charge in [0.15, 0.2) is 0 Å². The molecule has 282 valence electrons. The van der Waals surface area contributed by atoms with Crippen molar-refractivity contribution in [3.05, 3.63) is 22.2 Å². The third kappa shape index (κ3) is 37.5. The Kier molecular flexibility index (Phi) is 37.5. The molecule has 6 nitrogen and oxygen atoms in total. The maximum absolute atomic E-state index is 12.0. The normalized spacial score (nSPS) is 12.0. The molecule has 0 saturated carbocycles. The number of hydrogen-bond acceptors (Lipinski definition) is 8. The summed E-state index contributed by atoms with van der Waals surface area (Å²) in [6.45, 7) is 5.43. The van der Waals surface area contributed by atoms with Gasteiger partial charge in [0.1, 0.15) is 0 Å². The Bertz CT molecular complexity index is 727. The lowest BCUT2D eigenvalue weighted by atomic mass is 10.1. The van der Waals surface area contributed by atoms with Crippen LogP contribution in [-0.2, 0) is 19.1 Å². The molecule has 0 aromatic heterocycles. The quantitative estimate of drug-likeness (QED) is 0.0372. The minimum Gasteiger partial charge on any atom is -0.462 e. The lowest BCUT2D eigenvalue weighted by molar-refractivity contribution is -0.138. The average molecular weight is 713 g/mol. The van der Waals surface area contributed by atoms with Crippen LogP contribution in [0.25, 0.3) is 0 Å². The molecule has 0 saturated heterocycles. The summed E-state index contributed by atoms with van der Waals surface area (Å²) in [6, 6.07) is 0. The highest BCUT2D eigenvalue weighted by atomic mass is 32.2. The molecule has 0 amide bonds. The Hall–Kier alpha value is -1.28. The molecule has 0 aliphatic carbocycles. The van der Waals surface area contributed by atoms with Crippen LogP contribution in [-0.4, -0.2) is 36.7 Å². The summed E-state index contributed by atoms with van der Waals surface area (Å²) in [5.74, 6) is 1.26. The largest absolute Gasteiger partial charge is 0.462 e. The highest BCUT2D eigenvalue weighted by Crippen LogP contribution is 2.17. The van der Waals surface area contributed by atoms with Crippen molar-refractivity contribution in [2.45, 2.75) is 194 Å². The molecule has 0 heterocycles. The predicted octanol–water partition coefficient (Wildman–Crippen LogP) is 12.1. The second kappa shape index (κ2) is 38.5. The van der Waals surface area contributed by atoms with Crippen LogP contribution in [0.3, 0.4) is 0 Å². The van der Waals surface area contributed by atoms with Gasteiger partial charge in [-0.1, -0.05) is 168 Å². The van der Waals surface area contributed by atoms with E-state index in [0.29, 0.717) is 23.3 Å². The number of carbonyl (C=O) groups is 2. The Balaban J connectivity index is 3.50. The van der Waals surface area contributed by atoms with Crippen LogP contribution < -0.4 is 11.5 Å². The number of ether oxygens (including phenoxy) is 2. The van der Waals surface area contributed by atoms with Gasteiger partial charge in [0, 0.05) is 0 Å². The van der Waals surface area contributed by atoms with Crippen molar-refractivity contribution >= 4 is 35.5 Å². The number of unbranched alkanes of at least 4 members (excludes halogenated alkanes) is 25. The molecule has 0 atom stereocenters. The molecular formula is C40H76N2O4S2. The van der Waals surface area contributed by atoms with Gasteiger partial charge in [0.05, 0.1) is 35.4 Å². The van der Waals surface area contributed by atoms with Crippen LogP contribution in [0.1, 0.15) is 194 Å². The molecule has 0 aliphatic heterocycles. The molecule has 0 fully saturated rings. The topological polar surface area (TPSA) is 105 Å². The van der Waals surface area contributed by atoms with E-state index in [0.717, 1.165) is 62.9 Å². The average Bonchev–Trinajstić information content (AvgIpc) is 3.06. The molecule has 4 N–H and O–H groups in total. The van der Waals surface area contributed by atoms with Gasteiger partial charge in [0.25, 0.3) is 0 Å². The van der Waals surface area contributed by atoms with Gasteiger partial charge in [0.2, 0.25) is 0 Å². The van der Waals surface area contributed by atoms with Crippen LogP contribution in [0.15, 0.2) is 22.2 Å². The first kappa shape index (κ1) is 46.7. The first-order valence-electron chi connectivity index (χ1n) is 20.0. The fourth-order valence-corrected chi connectivity index (χ4v) is 7.10. The molecule has 0 rings (SSSR count). The lowest BCUT2D eigenvalue weighted by Gasteiger charge is -2.05. The van der Waals surface area contributed by atoms with Crippen LogP contribution in [0.2, 0.25) is 0 Å². The van der Waals surface area contributed by atoms with E-state index in [-0.39, 0.29) is 11.9 Å². The monoisotopic (exact) mass is 713 g/mol.